The molecule has 2 saturated heterocycles. The maximum absolute atomic E-state index is 9.65. The van der Waals surface area contributed by atoms with Gasteiger partial charge < -0.3 is 18.9 Å². The Balaban J connectivity index is 1.89. The topological polar surface area (TPSA) is 98.6 Å². The molecule has 0 N–H and O–H groups in total. The van der Waals surface area contributed by atoms with Crippen LogP contribution in [0, 0.1) is 0 Å². The van der Waals surface area contributed by atoms with Crippen LogP contribution in [0.15, 0.2) is 56.8 Å². The Kier molecular flexibility index (Phi) is 7.24. The van der Waals surface area contributed by atoms with Gasteiger partial charge in [0.2, 0.25) is 0 Å². The summed E-state index contributed by atoms with van der Waals surface area (Å²) in [5.74, 6) is 0. The lowest BCUT2D eigenvalue weighted by atomic mass is 9.76. The van der Waals surface area contributed by atoms with Gasteiger partial charge in [-0.2, -0.15) is 0 Å². The van der Waals surface area contributed by atoms with Gasteiger partial charge in [0, 0.05) is 33.3 Å². The van der Waals surface area contributed by atoms with Gasteiger partial charge >= 0.3 is 0 Å². The summed E-state index contributed by atoms with van der Waals surface area (Å²) in [6.07, 6.45) is -0.984. The van der Waals surface area contributed by atoms with Crippen LogP contribution in [-0.4, -0.2) is 41.9 Å². The van der Waals surface area contributed by atoms with Crippen LogP contribution in [0.1, 0.15) is 24.3 Å². The third kappa shape index (κ3) is 4.26. The maximum Gasteiger partial charge on any atom is 0.184 e. The Morgan fingerprint density at radius 2 is 2.10 bits per heavy atom. The van der Waals surface area contributed by atoms with Gasteiger partial charge in [-0.1, -0.05) is 35.4 Å². The number of pyridine rings is 1. The number of benzene rings is 1. The number of fused-ring (bicyclic) bond motifs is 1. The molecule has 1 aromatic heterocycles. The first-order valence-electron chi connectivity index (χ1n) is 9.66. The average Bonchev–Trinajstić information content (AvgIpc) is 2.78. The standard InChI is InChI=1S/C20H20Br2N4O4S/c1-2-27-16-19(31)29-14-10-28-18(11-6-4-3-5-7-11)30-15(14)20(16,25-26-23)13-8-12(21)9-24-17(13)22/h3-9,14-16,18-19,31H,2,10H2,1H3/t14-,15+,16+,18?,19-,20?/m1/s1. The first-order chi connectivity index (χ1) is 15.0. The molecule has 4 rings (SSSR count). The lowest BCUT2D eigenvalue weighted by Gasteiger charge is -2.54. The molecule has 2 fully saturated rings. The number of rotatable bonds is 5. The summed E-state index contributed by atoms with van der Waals surface area (Å²) in [7, 11) is 0. The van der Waals surface area contributed by atoms with E-state index >= 15 is 0 Å². The van der Waals surface area contributed by atoms with E-state index in [9.17, 15) is 5.53 Å². The van der Waals surface area contributed by atoms with E-state index in [4.69, 9.17) is 18.9 Å². The Bertz CT molecular complexity index is 981. The minimum atomic E-state index is -1.31. The molecule has 2 aliphatic heterocycles. The first kappa shape index (κ1) is 23.0. The fourth-order valence-corrected chi connectivity index (χ4v) is 5.42. The highest BCUT2D eigenvalue weighted by Crippen LogP contribution is 2.50. The second-order valence-electron chi connectivity index (χ2n) is 7.08. The summed E-state index contributed by atoms with van der Waals surface area (Å²) < 4.78 is 25.8. The van der Waals surface area contributed by atoms with E-state index < -0.39 is 35.6 Å². The molecular formula is C20H20Br2N4O4S. The van der Waals surface area contributed by atoms with Gasteiger partial charge in [-0.3, -0.25) is 0 Å². The van der Waals surface area contributed by atoms with Crippen molar-refractivity contribution in [1.82, 2.24) is 4.98 Å². The van der Waals surface area contributed by atoms with Gasteiger partial charge in [0.05, 0.1) is 6.61 Å². The van der Waals surface area contributed by atoms with Crippen molar-refractivity contribution in [3.05, 3.63) is 73.2 Å². The predicted molar refractivity (Wildman–Crippen MR) is 124 cm³/mol. The number of halogens is 2. The summed E-state index contributed by atoms with van der Waals surface area (Å²) >= 11 is 11.6. The van der Waals surface area contributed by atoms with E-state index in [1.54, 1.807) is 6.20 Å². The zero-order valence-electron chi connectivity index (χ0n) is 16.5. The molecule has 0 spiro atoms. The van der Waals surface area contributed by atoms with Crippen LogP contribution in [0.25, 0.3) is 10.4 Å². The van der Waals surface area contributed by atoms with Crippen LogP contribution in [0.2, 0.25) is 0 Å². The Hall–Kier alpha value is -1.17. The molecule has 0 bridgehead atoms. The van der Waals surface area contributed by atoms with Crippen molar-refractivity contribution in [2.24, 2.45) is 5.11 Å². The van der Waals surface area contributed by atoms with E-state index in [0.717, 1.165) is 10.0 Å². The van der Waals surface area contributed by atoms with Crippen molar-refractivity contribution < 1.29 is 18.9 Å². The number of hydrogen-bond donors (Lipinski definition) is 1. The van der Waals surface area contributed by atoms with Crippen molar-refractivity contribution in [2.75, 3.05) is 13.2 Å². The van der Waals surface area contributed by atoms with Crippen LogP contribution in [0.5, 0.6) is 0 Å². The zero-order chi connectivity index (χ0) is 22.0. The van der Waals surface area contributed by atoms with Gasteiger partial charge in [0.1, 0.15) is 33.9 Å². The quantitative estimate of drug-likeness (QED) is 0.173. The monoisotopic (exact) mass is 570 g/mol. The number of nitrogens with zero attached hydrogens (tertiary/aromatic N) is 4. The molecule has 0 amide bonds. The van der Waals surface area contributed by atoms with Crippen molar-refractivity contribution in [3.63, 3.8) is 0 Å². The van der Waals surface area contributed by atoms with Crippen molar-refractivity contribution >= 4 is 44.5 Å². The number of azide groups is 1. The Morgan fingerprint density at radius 3 is 2.81 bits per heavy atom. The highest BCUT2D eigenvalue weighted by atomic mass is 79.9. The highest BCUT2D eigenvalue weighted by Gasteiger charge is 2.61. The molecule has 6 atom stereocenters. The highest BCUT2D eigenvalue weighted by molar-refractivity contribution is 9.11. The van der Waals surface area contributed by atoms with Crippen molar-refractivity contribution in [3.8, 4) is 0 Å². The molecule has 3 heterocycles. The molecule has 0 aliphatic carbocycles. The second-order valence-corrected chi connectivity index (χ2v) is 9.26. The molecule has 2 unspecified atom stereocenters. The van der Waals surface area contributed by atoms with Gasteiger partial charge in [-0.05, 0) is 50.4 Å². The molecular weight excluding hydrogens is 552 g/mol. The van der Waals surface area contributed by atoms with E-state index in [2.05, 4.69) is 59.5 Å². The van der Waals surface area contributed by atoms with E-state index in [1.807, 2.05) is 43.3 Å². The maximum atomic E-state index is 9.65. The van der Waals surface area contributed by atoms with Crippen LogP contribution in [0.3, 0.4) is 0 Å². The molecule has 1 aromatic carbocycles. The third-order valence-electron chi connectivity index (χ3n) is 5.33. The molecule has 31 heavy (non-hydrogen) atoms. The molecule has 2 aliphatic rings. The summed E-state index contributed by atoms with van der Waals surface area (Å²) in [6.45, 7) is 2.46. The molecule has 164 valence electrons. The number of hydrogen-bond acceptors (Lipinski definition) is 7. The largest absolute Gasteiger partial charge is 0.374 e. The molecule has 0 saturated carbocycles. The van der Waals surface area contributed by atoms with Crippen LogP contribution in [-0.2, 0) is 24.5 Å². The van der Waals surface area contributed by atoms with E-state index in [0.29, 0.717) is 16.8 Å². The predicted octanol–water partition coefficient (Wildman–Crippen LogP) is 5.29. The summed E-state index contributed by atoms with van der Waals surface area (Å²) in [4.78, 5) is 7.60. The average molecular weight is 572 g/mol. The summed E-state index contributed by atoms with van der Waals surface area (Å²) in [5.41, 5.74) is 9.12. The Labute approximate surface area is 201 Å². The van der Waals surface area contributed by atoms with Crippen molar-refractivity contribution in [2.45, 2.75) is 42.5 Å². The second kappa shape index (κ2) is 9.76. The smallest absolute Gasteiger partial charge is 0.184 e. The lowest BCUT2D eigenvalue weighted by Crippen LogP contribution is -2.66. The molecule has 2 aromatic rings. The lowest BCUT2D eigenvalue weighted by molar-refractivity contribution is -0.319. The number of thiol groups is 1. The van der Waals surface area contributed by atoms with Gasteiger partial charge in [-0.15, -0.1) is 12.6 Å². The van der Waals surface area contributed by atoms with E-state index in [-0.39, 0.29) is 6.61 Å². The fraction of sp³-hybridized carbons (Fsp3) is 0.450. The van der Waals surface area contributed by atoms with Crippen LogP contribution >= 0.6 is 44.5 Å². The Morgan fingerprint density at radius 1 is 1.32 bits per heavy atom. The van der Waals surface area contributed by atoms with Gasteiger partial charge in [0.25, 0.3) is 0 Å². The minimum Gasteiger partial charge on any atom is -0.374 e. The SMILES string of the molecule is CCO[C@H]1[C@@H](S)O[C@@H]2COC(c3ccccc3)O[C@@H]2C1(N=[N+]=[N-])c1cc(Br)cnc1Br. The van der Waals surface area contributed by atoms with E-state index in [1.165, 1.54) is 0 Å². The molecule has 11 heteroatoms. The minimum absolute atomic E-state index is 0.238. The first-order valence-corrected chi connectivity index (χ1v) is 11.8. The van der Waals surface area contributed by atoms with Gasteiger partial charge in [0.15, 0.2) is 6.29 Å². The molecule has 0 radical (unpaired) electrons. The fourth-order valence-electron chi connectivity index (χ4n) is 4.08. The summed E-state index contributed by atoms with van der Waals surface area (Å²) in [5, 5.41) is 4.31. The number of ether oxygens (including phenoxy) is 4. The number of aromatic nitrogens is 1. The van der Waals surface area contributed by atoms with Crippen molar-refractivity contribution in [1.29, 1.82) is 0 Å². The zero-order valence-corrected chi connectivity index (χ0v) is 20.5. The van der Waals surface area contributed by atoms with Crippen LogP contribution < -0.4 is 0 Å². The van der Waals surface area contributed by atoms with Crippen LogP contribution in [0.4, 0.5) is 0 Å². The third-order valence-corrected chi connectivity index (χ3v) is 6.78. The van der Waals surface area contributed by atoms with Gasteiger partial charge in [-0.25, -0.2) is 4.98 Å². The normalized spacial score (nSPS) is 32.7. The summed E-state index contributed by atoms with van der Waals surface area (Å²) in [6, 6.07) is 11.4. The molecule has 8 nitrogen and oxygen atoms in total.